The van der Waals surface area contributed by atoms with Crippen LogP contribution in [0.3, 0.4) is 0 Å². The zero-order valence-corrected chi connectivity index (χ0v) is 8.15. The molecule has 0 aliphatic heterocycles. The van der Waals surface area contributed by atoms with Crippen molar-refractivity contribution in [1.82, 2.24) is 4.98 Å². The van der Waals surface area contributed by atoms with Gasteiger partial charge in [0, 0.05) is 18.3 Å². The minimum atomic E-state index is -0.464. The SMILES string of the molecule is NCc1cccc(-c2ccc(F)nc2)c1. The Bertz CT molecular complexity index is 451. The lowest BCUT2D eigenvalue weighted by Crippen LogP contribution is -1.95. The third-order valence-electron chi connectivity index (χ3n) is 2.22. The highest BCUT2D eigenvalue weighted by Crippen LogP contribution is 2.19. The highest BCUT2D eigenvalue weighted by atomic mass is 19.1. The van der Waals surface area contributed by atoms with Gasteiger partial charge in [0.1, 0.15) is 0 Å². The van der Waals surface area contributed by atoms with Gasteiger partial charge in [0.05, 0.1) is 0 Å². The van der Waals surface area contributed by atoms with Gasteiger partial charge in [0.15, 0.2) is 0 Å². The summed E-state index contributed by atoms with van der Waals surface area (Å²) >= 11 is 0. The zero-order valence-electron chi connectivity index (χ0n) is 8.15. The number of nitrogens with zero attached hydrogens (tertiary/aromatic N) is 1. The predicted molar refractivity (Wildman–Crippen MR) is 57.5 cm³/mol. The highest BCUT2D eigenvalue weighted by Gasteiger charge is 1.99. The van der Waals surface area contributed by atoms with Gasteiger partial charge in [-0.2, -0.15) is 4.39 Å². The molecule has 0 atom stereocenters. The first-order chi connectivity index (χ1) is 7.29. The summed E-state index contributed by atoms with van der Waals surface area (Å²) in [6.45, 7) is 0.502. The maximum absolute atomic E-state index is 12.6. The molecule has 76 valence electrons. The molecule has 2 nitrogen and oxygen atoms in total. The van der Waals surface area contributed by atoms with Crippen LogP contribution in [-0.4, -0.2) is 4.98 Å². The molecule has 0 aliphatic rings. The van der Waals surface area contributed by atoms with E-state index in [0.717, 1.165) is 16.7 Å². The fourth-order valence-corrected chi connectivity index (χ4v) is 1.42. The predicted octanol–water partition coefficient (Wildman–Crippen LogP) is 2.35. The lowest BCUT2D eigenvalue weighted by molar-refractivity contribution is 0.584. The largest absolute Gasteiger partial charge is 0.326 e. The average molecular weight is 202 g/mol. The minimum absolute atomic E-state index is 0.464. The van der Waals surface area contributed by atoms with Crippen LogP contribution in [0.15, 0.2) is 42.6 Å². The number of hydrogen-bond donors (Lipinski definition) is 1. The number of halogens is 1. The zero-order chi connectivity index (χ0) is 10.7. The van der Waals surface area contributed by atoms with Gasteiger partial charge in [-0.25, -0.2) is 4.98 Å². The Morgan fingerprint density at radius 3 is 2.67 bits per heavy atom. The molecular formula is C12H11FN2. The Morgan fingerprint density at radius 1 is 1.13 bits per heavy atom. The first-order valence-electron chi connectivity index (χ1n) is 4.70. The number of benzene rings is 1. The van der Waals surface area contributed by atoms with E-state index < -0.39 is 5.95 Å². The second-order valence-corrected chi connectivity index (χ2v) is 3.27. The van der Waals surface area contributed by atoms with Crippen LogP contribution in [0.25, 0.3) is 11.1 Å². The molecule has 0 unspecified atom stereocenters. The van der Waals surface area contributed by atoms with Crippen molar-refractivity contribution in [1.29, 1.82) is 0 Å². The molecule has 2 aromatic rings. The average Bonchev–Trinajstić information content (AvgIpc) is 2.30. The van der Waals surface area contributed by atoms with Gasteiger partial charge in [-0.3, -0.25) is 0 Å². The summed E-state index contributed by atoms with van der Waals surface area (Å²) in [6, 6.07) is 10.9. The van der Waals surface area contributed by atoms with Crippen molar-refractivity contribution in [3.05, 3.63) is 54.1 Å². The molecule has 1 heterocycles. The Balaban J connectivity index is 2.40. The van der Waals surface area contributed by atoms with E-state index in [0.29, 0.717) is 6.54 Å². The monoisotopic (exact) mass is 202 g/mol. The fraction of sp³-hybridized carbons (Fsp3) is 0.0833. The van der Waals surface area contributed by atoms with Gasteiger partial charge in [-0.1, -0.05) is 18.2 Å². The second-order valence-electron chi connectivity index (χ2n) is 3.27. The van der Waals surface area contributed by atoms with Crippen LogP contribution in [-0.2, 0) is 6.54 Å². The first kappa shape index (κ1) is 9.80. The molecule has 0 radical (unpaired) electrons. The summed E-state index contributed by atoms with van der Waals surface area (Å²) in [5.74, 6) is -0.464. The molecule has 15 heavy (non-hydrogen) atoms. The summed E-state index contributed by atoms with van der Waals surface area (Å²) in [6.07, 6.45) is 1.52. The molecule has 2 N–H and O–H groups in total. The Hall–Kier alpha value is -1.74. The minimum Gasteiger partial charge on any atom is -0.326 e. The molecule has 0 aliphatic carbocycles. The van der Waals surface area contributed by atoms with Crippen molar-refractivity contribution in [2.75, 3.05) is 0 Å². The van der Waals surface area contributed by atoms with E-state index in [1.165, 1.54) is 12.3 Å². The molecule has 0 saturated heterocycles. The van der Waals surface area contributed by atoms with E-state index >= 15 is 0 Å². The van der Waals surface area contributed by atoms with Crippen molar-refractivity contribution in [3.63, 3.8) is 0 Å². The Labute approximate surface area is 87.6 Å². The van der Waals surface area contributed by atoms with E-state index in [1.807, 2.05) is 24.3 Å². The highest BCUT2D eigenvalue weighted by molar-refractivity contribution is 5.62. The summed E-state index contributed by atoms with van der Waals surface area (Å²) in [5, 5.41) is 0. The summed E-state index contributed by atoms with van der Waals surface area (Å²) in [4.78, 5) is 3.61. The van der Waals surface area contributed by atoms with Gasteiger partial charge in [0.25, 0.3) is 0 Å². The molecule has 0 bridgehead atoms. The van der Waals surface area contributed by atoms with Gasteiger partial charge in [-0.05, 0) is 29.3 Å². The van der Waals surface area contributed by atoms with Gasteiger partial charge >= 0.3 is 0 Å². The van der Waals surface area contributed by atoms with Crippen molar-refractivity contribution >= 4 is 0 Å². The number of aromatic nitrogens is 1. The molecular weight excluding hydrogens is 191 g/mol. The third-order valence-corrected chi connectivity index (χ3v) is 2.22. The molecule has 1 aromatic carbocycles. The lowest BCUT2D eigenvalue weighted by atomic mass is 10.1. The molecule has 0 spiro atoms. The molecule has 2 rings (SSSR count). The van der Waals surface area contributed by atoms with E-state index in [2.05, 4.69) is 4.98 Å². The molecule has 0 amide bonds. The van der Waals surface area contributed by atoms with Gasteiger partial charge in [-0.15, -0.1) is 0 Å². The van der Waals surface area contributed by atoms with Crippen molar-refractivity contribution in [2.24, 2.45) is 5.73 Å². The Kier molecular flexibility index (Phi) is 2.74. The fourth-order valence-electron chi connectivity index (χ4n) is 1.42. The maximum Gasteiger partial charge on any atom is 0.212 e. The number of pyridine rings is 1. The van der Waals surface area contributed by atoms with Crippen LogP contribution in [0.1, 0.15) is 5.56 Å². The van der Waals surface area contributed by atoms with Gasteiger partial charge in [0.2, 0.25) is 5.95 Å². The van der Waals surface area contributed by atoms with E-state index in [4.69, 9.17) is 5.73 Å². The molecule has 1 aromatic heterocycles. The maximum atomic E-state index is 12.6. The van der Waals surface area contributed by atoms with Crippen LogP contribution in [0, 0.1) is 5.95 Å². The molecule has 0 saturated carbocycles. The first-order valence-corrected chi connectivity index (χ1v) is 4.70. The van der Waals surface area contributed by atoms with Crippen LogP contribution in [0.2, 0.25) is 0 Å². The normalized spacial score (nSPS) is 10.3. The van der Waals surface area contributed by atoms with Crippen molar-refractivity contribution in [2.45, 2.75) is 6.54 Å². The number of nitrogens with two attached hydrogens (primary N) is 1. The van der Waals surface area contributed by atoms with Crippen LogP contribution >= 0.6 is 0 Å². The number of hydrogen-bond acceptors (Lipinski definition) is 2. The van der Waals surface area contributed by atoms with Crippen LogP contribution < -0.4 is 5.73 Å². The van der Waals surface area contributed by atoms with E-state index in [-0.39, 0.29) is 0 Å². The second kappa shape index (κ2) is 4.19. The summed E-state index contributed by atoms with van der Waals surface area (Å²) in [5.41, 5.74) is 8.50. The quantitative estimate of drug-likeness (QED) is 0.759. The van der Waals surface area contributed by atoms with Crippen LogP contribution in [0.4, 0.5) is 4.39 Å². The third kappa shape index (κ3) is 2.19. The van der Waals surface area contributed by atoms with E-state index in [9.17, 15) is 4.39 Å². The van der Waals surface area contributed by atoms with Crippen molar-refractivity contribution in [3.8, 4) is 11.1 Å². The number of rotatable bonds is 2. The topological polar surface area (TPSA) is 38.9 Å². The standard InChI is InChI=1S/C12H11FN2/c13-12-5-4-11(8-15-12)10-3-1-2-9(6-10)7-14/h1-6,8H,7,14H2. The van der Waals surface area contributed by atoms with Gasteiger partial charge < -0.3 is 5.73 Å². The van der Waals surface area contributed by atoms with E-state index in [1.54, 1.807) is 6.07 Å². The Morgan fingerprint density at radius 2 is 2.00 bits per heavy atom. The van der Waals surface area contributed by atoms with Crippen LogP contribution in [0.5, 0.6) is 0 Å². The summed E-state index contributed by atoms with van der Waals surface area (Å²) < 4.78 is 12.6. The molecule has 0 fully saturated rings. The summed E-state index contributed by atoms with van der Waals surface area (Å²) in [7, 11) is 0. The smallest absolute Gasteiger partial charge is 0.212 e. The lowest BCUT2D eigenvalue weighted by Gasteiger charge is -2.03. The van der Waals surface area contributed by atoms with Crippen molar-refractivity contribution < 1.29 is 4.39 Å². The molecule has 3 heteroatoms.